The van der Waals surface area contributed by atoms with Crippen molar-refractivity contribution >= 4 is 19.7 Å². The number of benzene rings is 1. The van der Waals surface area contributed by atoms with Crippen LogP contribution >= 0.6 is 0 Å². The minimum atomic E-state index is -2.38. The molecule has 0 N–H and O–H groups in total. The van der Waals surface area contributed by atoms with Crippen LogP contribution in [0.3, 0.4) is 0 Å². The van der Waals surface area contributed by atoms with Gasteiger partial charge in [0.2, 0.25) is 0 Å². The average Bonchev–Trinajstić information content (AvgIpc) is 2.52. The number of ether oxygens (including phenoxy) is 1. The molecule has 0 aliphatic heterocycles. The maximum absolute atomic E-state index is 11.3. The van der Waals surface area contributed by atoms with Crippen molar-refractivity contribution in [1.82, 2.24) is 0 Å². The zero-order valence-corrected chi connectivity index (χ0v) is 14.1. The first-order valence-corrected chi connectivity index (χ1v) is 9.06. The Bertz CT molecular complexity index is 455. The lowest BCUT2D eigenvalue weighted by Crippen LogP contribution is -2.52. The van der Waals surface area contributed by atoms with Gasteiger partial charge in [-0.2, -0.15) is 0 Å². The van der Waals surface area contributed by atoms with Gasteiger partial charge in [0, 0.05) is 19.8 Å². The minimum Gasteiger partial charge on any atom is -0.462 e. The molecule has 0 saturated carbocycles. The van der Waals surface area contributed by atoms with E-state index in [1.165, 1.54) is 0 Å². The number of rotatable bonds is 9. The smallest absolute Gasteiger partial charge is 0.371 e. The van der Waals surface area contributed by atoms with E-state index in [-0.39, 0.29) is 5.97 Å². The second kappa shape index (κ2) is 8.77. The normalized spacial score (nSPS) is 11.2. The first kappa shape index (κ1) is 17.6. The van der Waals surface area contributed by atoms with E-state index in [0.29, 0.717) is 12.2 Å². The molecule has 0 saturated heterocycles. The summed E-state index contributed by atoms with van der Waals surface area (Å²) in [5.41, 5.74) is 0.428. The number of carbonyl (C=O) groups excluding carboxylic acids is 1. The number of esters is 1. The Kier molecular flexibility index (Phi) is 7.35. The molecule has 1 rings (SSSR count). The Balaban J connectivity index is 2.49. The van der Waals surface area contributed by atoms with Crippen LogP contribution in [0, 0.1) is 0 Å². The molecule has 0 unspecified atom stereocenters. The predicted octanol–water partition coefficient (Wildman–Crippen LogP) is 2.53. The maximum Gasteiger partial charge on any atom is 0.371 e. The van der Waals surface area contributed by atoms with E-state index < -0.39 is 8.56 Å². The molecule has 0 heterocycles. The van der Waals surface area contributed by atoms with E-state index >= 15 is 0 Å². The fourth-order valence-corrected chi connectivity index (χ4v) is 4.86. The molecule has 0 radical (unpaired) electrons. The van der Waals surface area contributed by atoms with Gasteiger partial charge in [-0.3, -0.25) is 0 Å². The van der Waals surface area contributed by atoms with Crippen LogP contribution < -0.4 is 5.19 Å². The lowest BCUT2D eigenvalue weighted by Gasteiger charge is -2.27. The largest absolute Gasteiger partial charge is 0.462 e. The molecule has 0 aromatic heterocycles. The number of hydrogen-bond donors (Lipinski definition) is 0. The molecule has 0 aliphatic rings. The van der Waals surface area contributed by atoms with Gasteiger partial charge in [0.15, 0.2) is 0 Å². The van der Waals surface area contributed by atoms with Crippen LogP contribution in [-0.2, 0) is 18.4 Å². The summed E-state index contributed by atoms with van der Waals surface area (Å²) < 4.78 is 16.6. The van der Waals surface area contributed by atoms with Crippen molar-refractivity contribution < 1.29 is 18.4 Å². The fraction of sp³-hybridized carbons (Fsp3) is 0.438. The summed E-state index contributed by atoms with van der Waals surface area (Å²) in [5, 5.41) is 1.12. The Morgan fingerprint density at radius 3 is 2.29 bits per heavy atom. The van der Waals surface area contributed by atoms with E-state index in [2.05, 4.69) is 6.58 Å². The lowest BCUT2D eigenvalue weighted by molar-refractivity contribution is -0.139. The maximum atomic E-state index is 11.3. The summed E-state index contributed by atoms with van der Waals surface area (Å²) in [6.07, 6.45) is 1.67. The second-order valence-corrected chi connectivity index (χ2v) is 8.30. The molecule has 1 aromatic rings. The van der Waals surface area contributed by atoms with Gasteiger partial charge in [-0.1, -0.05) is 36.9 Å². The standard InChI is InChI=1S/C16H24O4Si/c1-14(2)16(17)20-12-8-9-13-21(18-3,19-4)15-10-6-5-7-11-15/h5-7,10-11H,1,8-9,12-13H2,2-4H3. The van der Waals surface area contributed by atoms with Gasteiger partial charge < -0.3 is 13.6 Å². The predicted molar refractivity (Wildman–Crippen MR) is 85.7 cm³/mol. The van der Waals surface area contributed by atoms with Crippen molar-refractivity contribution in [2.24, 2.45) is 0 Å². The topological polar surface area (TPSA) is 44.8 Å². The molecule has 5 heteroatoms. The molecule has 4 nitrogen and oxygen atoms in total. The van der Waals surface area contributed by atoms with E-state index in [1.54, 1.807) is 21.1 Å². The molecule has 0 amide bonds. The second-order valence-electron chi connectivity index (χ2n) is 4.90. The lowest BCUT2D eigenvalue weighted by atomic mass is 10.3. The summed E-state index contributed by atoms with van der Waals surface area (Å²) in [6.45, 7) is 5.60. The molecule has 0 bridgehead atoms. The molecule has 0 fully saturated rings. The Labute approximate surface area is 128 Å². The molecular formula is C16H24O4Si. The number of hydrogen-bond acceptors (Lipinski definition) is 4. The van der Waals surface area contributed by atoms with Crippen molar-refractivity contribution in [3.05, 3.63) is 42.5 Å². The van der Waals surface area contributed by atoms with Crippen LogP contribution in [0.5, 0.6) is 0 Å². The van der Waals surface area contributed by atoms with Crippen LogP contribution in [0.25, 0.3) is 0 Å². The highest BCUT2D eigenvalue weighted by molar-refractivity contribution is 6.81. The molecule has 21 heavy (non-hydrogen) atoms. The summed E-state index contributed by atoms with van der Waals surface area (Å²) in [6, 6.07) is 10.9. The first-order valence-electron chi connectivity index (χ1n) is 7.04. The first-order chi connectivity index (χ1) is 10.1. The van der Waals surface area contributed by atoms with Crippen LogP contribution in [0.15, 0.2) is 42.5 Å². The third-order valence-corrected chi connectivity index (χ3v) is 6.90. The number of unbranched alkanes of at least 4 members (excludes halogenated alkanes) is 1. The quantitative estimate of drug-likeness (QED) is 0.304. The average molecular weight is 308 g/mol. The zero-order chi connectivity index (χ0) is 15.7. The van der Waals surface area contributed by atoms with Crippen molar-refractivity contribution in [3.8, 4) is 0 Å². The minimum absolute atomic E-state index is 0.333. The van der Waals surface area contributed by atoms with Gasteiger partial charge in [-0.25, -0.2) is 4.79 Å². The van der Waals surface area contributed by atoms with Gasteiger partial charge in [0.05, 0.1) is 6.61 Å². The summed E-state index contributed by atoms with van der Waals surface area (Å²) in [7, 11) is 1.02. The van der Waals surface area contributed by atoms with E-state index in [0.717, 1.165) is 24.1 Å². The monoisotopic (exact) mass is 308 g/mol. The fourth-order valence-electron chi connectivity index (χ4n) is 2.11. The summed E-state index contributed by atoms with van der Waals surface area (Å²) in [4.78, 5) is 11.3. The van der Waals surface area contributed by atoms with Gasteiger partial charge in [0.25, 0.3) is 0 Å². The SMILES string of the molecule is C=C(C)C(=O)OCCCC[Si](OC)(OC)c1ccccc1. The highest BCUT2D eigenvalue weighted by atomic mass is 28.4. The molecule has 116 valence electrons. The Hall–Kier alpha value is -1.43. The van der Waals surface area contributed by atoms with Gasteiger partial charge in [-0.15, -0.1) is 0 Å². The Morgan fingerprint density at radius 2 is 1.76 bits per heavy atom. The van der Waals surface area contributed by atoms with Crippen LogP contribution in [0.1, 0.15) is 19.8 Å². The summed E-state index contributed by atoms with van der Waals surface area (Å²) in [5.74, 6) is -0.333. The van der Waals surface area contributed by atoms with Gasteiger partial charge >= 0.3 is 14.5 Å². The molecule has 1 aromatic carbocycles. The third kappa shape index (κ3) is 5.11. The van der Waals surface area contributed by atoms with Crippen molar-refractivity contribution in [3.63, 3.8) is 0 Å². The zero-order valence-electron chi connectivity index (χ0n) is 13.1. The highest BCUT2D eigenvalue weighted by Gasteiger charge is 2.37. The molecule has 0 spiro atoms. The van der Waals surface area contributed by atoms with E-state index in [9.17, 15) is 4.79 Å². The third-order valence-electron chi connectivity index (χ3n) is 3.35. The highest BCUT2D eigenvalue weighted by Crippen LogP contribution is 2.16. The number of carbonyl (C=O) groups is 1. The molecule has 0 atom stereocenters. The van der Waals surface area contributed by atoms with Gasteiger partial charge in [0.1, 0.15) is 0 Å². The Morgan fingerprint density at radius 1 is 1.14 bits per heavy atom. The van der Waals surface area contributed by atoms with Crippen LogP contribution in [-0.4, -0.2) is 35.4 Å². The molecular weight excluding hydrogens is 284 g/mol. The molecule has 0 aliphatic carbocycles. The van der Waals surface area contributed by atoms with Gasteiger partial charge in [-0.05, 0) is 31.0 Å². The van der Waals surface area contributed by atoms with Crippen LogP contribution in [0.2, 0.25) is 6.04 Å². The summed E-state index contributed by atoms with van der Waals surface area (Å²) >= 11 is 0. The van der Waals surface area contributed by atoms with E-state index in [1.807, 2.05) is 30.3 Å². The van der Waals surface area contributed by atoms with E-state index in [4.69, 9.17) is 13.6 Å². The van der Waals surface area contributed by atoms with Crippen molar-refractivity contribution in [1.29, 1.82) is 0 Å². The van der Waals surface area contributed by atoms with Crippen molar-refractivity contribution in [2.75, 3.05) is 20.8 Å². The van der Waals surface area contributed by atoms with Crippen molar-refractivity contribution in [2.45, 2.75) is 25.8 Å². The van der Waals surface area contributed by atoms with Crippen LogP contribution in [0.4, 0.5) is 0 Å².